The van der Waals surface area contributed by atoms with Crippen LogP contribution in [0.15, 0.2) is 28.9 Å². The Kier molecular flexibility index (Phi) is 3.67. The van der Waals surface area contributed by atoms with Crippen LogP contribution in [0.4, 0.5) is 11.4 Å². The van der Waals surface area contributed by atoms with Crippen LogP contribution >= 0.6 is 15.9 Å². The first-order valence-corrected chi connectivity index (χ1v) is 6.02. The van der Waals surface area contributed by atoms with Gasteiger partial charge in [0.15, 0.2) is 0 Å². The summed E-state index contributed by atoms with van der Waals surface area (Å²) in [5.41, 5.74) is -2.01. The quantitative estimate of drug-likeness (QED) is 0.652. The van der Waals surface area contributed by atoms with Crippen LogP contribution in [0.2, 0.25) is 0 Å². The Morgan fingerprint density at radius 1 is 1.24 bits per heavy atom. The van der Waals surface area contributed by atoms with Gasteiger partial charge in [0.25, 0.3) is 5.69 Å². The Labute approximate surface area is 124 Å². The molecule has 0 unspecified atom stereocenters. The van der Waals surface area contributed by atoms with Crippen LogP contribution in [-0.2, 0) is 0 Å². The first-order valence-electron chi connectivity index (χ1n) is 5.23. The summed E-state index contributed by atoms with van der Waals surface area (Å²) in [6.45, 7) is 0. The van der Waals surface area contributed by atoms with Crippen LogP contribution in [0.3, 0.4) is 0 Å². The molecule has 1 aromatic carbocycles. The Hall–Kier alpha value is -2.82. The molecule has 0 bridgehead atoms. The molecular formula is C10H5BrN4O6. The van der Waals surface area contributed by atoms with Crippen LogP contribution in [0.25, 0.3) is 5.69 Å². The summed E-state index contributed by atoms with van der Waals surface area (Å²) in [6.07, 6.45) is 0.818. The van der Waals surface area contributed by atoms with Gasteiger partial charge in [-0.3, -0.25) is 20.2 Å². The lowest BCUT2D eigenvalue weighted by atomic mass is 10.3. The molecule has 10 nitrogen and oxygen atoms in total. The molecule has 2 rings (SSSR count). The second kappa shape index (κ2) is 5.28. The van der Waals surface area contributed by atoms with Crippen molar-refractivity contribution in [2.45, 2.75) is 0 Å². The fraction of sp³-hybridized carbons (Fsp3) is 0. The maximum Gasteiger partial charge on any atom is 0.363 e. The molecule has 0 atom stereocenters. The normalized spacial score (nSPS) is 10.3. The highest BCUT2D eigenvalue weighted by Crippen LogP contribution is 2.28. The fourth-order valence-corrected chi connectivity index (χ4v) is 1.96. The number of aromatic carboxylic acids is 1. The number of nitro benzene ring substituents is 1. The standard InChI is InChI=1S/C10H5BrN4O6/c11-5-1-2-6(14(18)19)7(3-5)13-4-8(15(20)21)9(12-13)10(16)17/h1-4H,(H,16,17). The minimum Gasteiger partial charge on any atom is -0.476 e. The number of carbonyl (C=O) groups is 1. The third-order valence-corrected chi connectivity index (χ3v) is 2.97. The molecule has 21 heavy (non-hydrogen) atoms. The summed E-state index contributed by atoms with van der Waals surface area (Å²) < 4.78 is 1.27. The van der Waals surface area contributed by atoms with Gasteiger partial charge in [-0.15, -0.1) is 0 Å². The number of nitrogens with zero attached hydrogens (tertiary/aromatic N) is 4. The minimum absolute atomic E-state index is 0.0926. The predicted molar refractivity (Wildman–Crippen MR) is 71.5 cm³/mol. The van der Waals surface area contributed by atoms with Crippen molar-refractivity contribution in [2.24, 2.45) is 0 Å². The van der Waals surface area contributed by atoms with Gasteiger partial charge in [0, 0.05) is 10.5 Å². The monoisotopic (exact) mass is 356 g/mol. The number of benzene rings is 1. The minimum atomic E-state index is -1.60. The van der Waals surface area contributed by atoms with E-state index >= 15 is 0 Å². The Balaban J connectivity index is 2.70. The molecule has 1 N–H and O–H groups in total. The molecule has 0 spiro atoms. The lowest BCUT2D eigenvalue weighted by Crippen LogP contribution is -2.04. The van der Waals surface area contributed by atoms with Crippen molar-refractivity contribution in [3.8, 4) is 5.69 Å². The molecule has 1 aromatic heterocycles. The zero-order valence-electron chi connectivity index (χ0n) is 9.96. The number of carboxylic acid groups (broad SMARTS) is 1. The third kappa shape index (κ3) is 2.72. The largest absolute Gasteiger partial charge is 0.476 e. The first-order chi connectivity index (χ1) is 9.81. The number of rotatable bonds is 4. The maximum atomic E-state index is 11.0. The Bertz CT molecular complexity index is 739. The van der Waals surface area contributed by atoms with Gasteiger partial charge in [0.1, 0.15) is 11.9 Å². The Morgan fingerprint density at radius 2 is 1.86 bits per heavy atom. The zero-order chi connectivity index (χ0) is 15.7. The molecule has 0 aliphatic heterocycles. The summed E-state index contributed by atoms with van der Waals surface area (Å²) in [7, 11) is 0. The van der Waals surface area contributed by atoms with Crippen LogP contribution in [0.1, 0.15) is 10.5 Å². The molecule has 0 aliphatic rings. The van der Waals surface area contributed by atoms with Gasteiger partial charge in [-0.05, 0) is 12.1 Å². The molecule has 0 saturated carbocycles. The molecule has 108 valence electrons. The van der Waals surface area contributed by atoms with Crippen molar-refractivity contribution in [3.63, 3.8) is 0 Å². The van der Waals surface area contributed by atoms with Gasteiger partial charge in [-0.25, -0.2) is 9.48 Å². The van der Waals surface area contributed by atoms with Crippen molar-refractivity contribution >= 4 is 33.3 Å². The SMILES string of the molecule is O=C(O)c1nn(-c2cc(Br)ccc2[N+](=O)[O-])cc1[N+](=O)[O-]. The van der Waals surface area contributed by atoms with E-state index in [0.29, 0.717) is 4.47 Å². The number of halogens is 1. The number of hydrogen-bond acceptors (Lipinski definition) is 6. The van der Waals surface area contributed by atoms with Crippen molar-refractivity contribution in [3.05, 3.63) is 54.8 Å². The summed E-state index contributed by atoms with van der Waals surface area (Å²) in [5, 5.41) is 34.2. The molecule has 0 saturated heterocycles. The lowest BCUT2D eigenvalue weighted by Gasteiger charge is -2.02. The summed E-state index contributed by atoms with van der Waals surface area (Å²) in [6, 6.07) is 3.89. The fourth-order valence-electron chi connectivity index (χ4n) is 1.61. The molecule has 11 heteroatoms. The van der Waals surface area contributed by atoms with Gasteiger partial charge in [-0.1, -0.05) is 15.9 Å². The van der Waals surface area contributed by atoms with E-state index < -0.39 is 27.2 Å². The highest BCUT2D eigenvalue weighted by atomic mass is 79.9. The zero-order valence-corrected chi connectivity index (χ0v) is 11.6. The van der Waals surface area contributed by atoms with Crippen molar-refractivity contribution < 1.29 is 19.7 Å². The van der Waals surface area contributed by atoms with Crippen molar-refractivity contribution in [2.75, 3.05) is 0 Å². The molecule has 0 amide bonds. The van der Waals surface area contributed by atoms with Gasteiger partial charge in [0.05, 0.1) is 9.85 Å². The van der Waals surface area contributed by atoms with Gasteiger partial charge in [-0.2, -0.15) is 5.10 Å². The van der Waals surface area contributed by atoms with E-state index in [1.165, 1.54) is 18.2 Å². The number of carboxylic acids is 1. The molecule has 2 aromatic rings. The second-order valence-corrected chi connectivity index (χ2v) is 4.68. The number of hydrogen-bond donors (Lipinski definition) is 1. The number of aromatic nitrogens is 2. The molecule has 0 radical (unpaired) electrons. The van der Waals surface area contributed by atoms with Crippen LogP contribution in [0.5, 0.6) is 0 Å². The van der Waals surface area contributed by atoms with Crippen LogP contribution < -0.4 is 0 Å². The second-order valence-electron chi connectivity index (χ2n) is 3.76. The van der Waals surface area contributed by atoms with Gasteiger partial charge >= 0.3 is 11.7 Å². The van der Waals surface area contributed by atoms with E-state index in [4.69, 9.17) is 5.11 Å². The van der Waals surface area contributed by atoms with E-state index in [2.05, 4.69) is 21.0 Å². The third-order valence-electron chi connectivity index (χ3n) is 2.48. The predicted octanol–water partition coefficient (Wildman–Crippen LogP) is 2.15. The average Bonchev–Trinajstić information content (AvgIpc) is 2.83. The van der Waals surface area contributed by atoms with E-state index in [0.717, 1.165) is 10.9 Å². The summed E-state index contributed by atoms with van der Waals surface area (Å²) in [5.74, 6) is -1.60. The number of nitro groups is 2. The van der Waals surface area contributed by atoms with Crippen LogP contribution in [0, 0.1) is 20.2 Å². The van der Waals surface area contributed by atoms with Crippen LogP contribution in [-0.4, -0.2) is 30.7 Å². The first kappa shape index (κ1) is 14.6. The summed E-state index contributed by atoms with van der Waals surface area (Å²) in [4.78, 5) is 31.1. The van der Waals surface area contributed by atoms with Crippen molar-refractivity contribution in [1.29, 1.82) is 0 Å². The molecule has 0 fully saturated rings. The summed E-state index contributed by atoms with van der Waals surface area (Å²) >= 11 is 3.11. The van der Waals surface area contributed by atoms with E-state index in [1.54, 1.807) is 0 Å². The molecule has 1 heterocycles. The van der Waals surface area contributed by atoms with E-state index in [1.807, 2.05) is 0 Å². The van der Waals surface area contributed by atoms with Gasteiger partial charge < -0.3 is 5.11 Å². The van der Waals surface area contributed by atoms with E-state index in [-0.39, 0.29) is 11.4 Å². The van der Waals surface area contributed by atoms with Crippen molar-refractivity contribution in [1.82, 2.24) is 9.78 Å². The van der Waals surface area contributed by atoms with Gasteiger partial charge in [0.2, 0.25) is 5.69 Å². The maximum absolute atomic E-state index is 11.0. The highest BCUT2D eigenvalue weighted by molar-refractivity contribution is 9.10. The molecular weight excluding hydrogens is 352 g/mol. The molecule has 0 aliphatic carbocycles. The topological polar surface area (TPSA) is 141 Å². The lowest BCUT2D eigenvalue weighted by molar-refractivity contribution is -0.385. The highest BCUT2D eigenvalue weighted by Gasteiger charge is 2.27. The average molecular weight is 357 g/mol. The van der Waals surface area contributed by atoms with E-state index in [9.17, 15) is 25.0 Å². The Morgan fingerprint density at radius 3 is 2.33 bits per heavy atom. The smallest absolute Gasteiger partial charge is 0.363 e.